The van der Waals surface area contributed by atoms with Crippen LogP contribution in [0, 0.1) is 28.6 Å². The van der Waals surface area contributed by atoms with Crippen LogP contribution >= 0.6 is 0 Å². The van der Waals surface area contributed by atoms with E-state index in [1.807, 2.05) is 13.0 Å². The molecular weight excluding hydrogens is 316 g/mol. The normalized spacial score (nSPS) is 52.0. The molecule has 0 spiro atoms. The van der Waals surface area contributed by atoms with Gasteiger partial charge in [0, 0.05) is 11.8 Å². The smallest absolute Gasteiger partial charge is 0.164 e. The van der Waals surface area contributed by atoms with Crippen LogP contribution in [0.1, 0.15) is 65.7 Å². The van der Waals surface area contributed by atoms with Gasteiger partial charge in [0.1, 0.15) is 0 Å². The van der Waals surface area contributed by atoms with Crippen LogP contribution in [0.25, 0.3) is 0 Å². The van der Waals surface area contributed by atoms with Gasteiger partial charge in [0.15, 0.2) is 17.2 Å². The van der Waals surface area contributed by atoms with Gasteiger partial charge in [0.2, 0.25) is 0 Å². The second-order valence-corrected chi connectivity index (χ2v) is 9.50. The molecule has 1 unspecified atom stereocenters. The van der Waals surface area contributed by atoms with E-state index in [1.165, 1.54) is 12.5 Å². The third-order valence-electron chi connectivity index (χ3n) is 8.72. The van der Waals surface area contributed by atoms with Crippen molar-refractivity contribution in [2.75, 3.05) is 0 Å². The highest BCUT2D eigenvalue weighted by Crippen LogP contribution is 2.67. The van der Waals surface area contributed by atoms with Gasteiger partial charge in [-0.15, -0.1) is 0 Å². The van der Waals surface area contributed by atoms with Crippen LogP contribution in [0.5, 0.6) is 0 Å². The molecule has 138 valence electrons. The van der Waals surface area contributed by atoms with E-state index < -0.39 is 17.1 Å². The summed E-state index contributed by atoms with van der Waals surface area (Å²) in [6, 6.07) is 0. The molecule has 0 saturated heterocycles. The van der Waals surface area contributed by atoms with Gasteiger partial charge in [-0.2, -0.15) is 0 Å². The predicted octanol–water partition coefficient (Wildman–Crippen LogP) is 2.81. The number of carbonyl (C=O) groups is 2. The zero-order chi connectivity index (χ0) is 18.2. The average Bonchev–Trinajstić information content (AvgIpc) is 2.77. The minimum atomic E-state index is -1.61. The molecule has 0 aromatic rings. The summed E-state index contributed by atoms with van der Waals surface area (Å²) >= 11 is 0. The van der Waals surface area contributed by atoms with E-state index in [9.17, 15) is 19.8 Å². The summed E-state index contributed by atoms with van der Waals surface area (Å²) < 4.78 is 0. The van der Waals surface area contributed by atoms with Crippen LogP contribution in [-0.2, 0) is 9.59 Å². The van der Waals surface area contributed by atoms with Crippen molar-refractivity contribution in [2.45, 2.75) is 77.4 Å². The molecule has 0 aromatic carbocycles. The molecule has 2 N–H and O–H groups in total. The van der Waals surface area contributed by atoms with Gasteiger partial charge in [0.05, 0.1) is 6.10 Å². The molecule has 3 saturated carbocycles. The molecule has 4 nitrogen and oxygen atoms in total. The first-order valence-electron chi connectivity index (χ1n) is 9.80. The van der Waals surface area contributed by atoms with Gasteiger partial charge < -0.3 is 10.2 Å². The molecule has 7 atom stereocenters. The maximum Gasteiger partial charge on any atom is 0.164 e. The van der Waals surface area contributed by atoms with Crippen molar-refractivity contribution < 1.29 is 19.8 Å². The number of rotatable bonds is 1. The van der Waals surface area contributed by atoms with Gasteiger partial charge >= 0.3 is 0 Å². The Labute approximate surface area is 149 Å². The Balaban J connectivity index is 1.72. The van der Waals surface area contributed by atoms with Gasteiger partial charge in [-0.25, -0.2) is 0 Å². The molecule has 0 heterocycles. The van der Waals surface area contributed by atoms with E-state index in [2.05, 4.69) is 6.92 Å². The molecule has 4 heteroatoms. The minimum Gasteiger partial charge on any atom is -0.390 e. The molecular formula is C21H30O4. The van der Waals surface area contributed by atoms with Crippen molar-refractivity contribution >= 4 is 11.6 Å². The highest BCUT2D eigenvalue weighted by molar-refractivity contribution is 5.91. The monoisotopic (exact) mass is 346 g/mol. The molecule has 0 radical (unpaired) electrons. The van der Waals surface area contributed by atoms with Crippen molar-refractivity contribution in [3.05, 3.63) is 11.6 Å². The van der Waals surface area contributed by atoms with Crippen LogP contribution < -0.4 is 0 Å². The highest BCUT2D eigenvalue weighted by atomic mass is 16.4. The molecule has 3 fully saturated rings. The van der Waals surface area contributed by atoms with E-state index >= 15 is 0 Å². The van der Waals surface area contributed by atoms with E-state index in [-0.39, 0.29) is 22.9 Å². The van der Waals surface area contributed by atoms with Crippen LogP contribution in [0.15, 0.2) is 11.6 Å². The van der Waals surface area contributed by atoms with E-state index in [1.54, 1.807) is 0 Å². The first-order valence-corrected chi connectivity index (χ1v) is 9.80. The molecule has 4 aliphatic carbocycles. The van der Waals surface area contributed by atoms with Crippen LogP contribution in [-0.4, -0.2) is 33.5 Å². The number of hydrogen-bond acceptors (Lipinski definition) is 4. The summed E-state index contributed by atoms with van der Waals surface area (Å²) in [5.74, 6) is 1.03. The summed E-state index contributed by atoms with van der Waals surface area (Å²) in [5, 5.41) is 21.8. The molecule has 0 aliphatic heterocycles. The lowest BCUT2D eigenvalue weighted by Gasteiger charge is -2.58. The fourth-order valence-electron chi connectivity index (χ4n) is 7.22. The van der Waals surface area contributed by atoms with Crippen LogP contribution in [0.3, 0.4) is 0 Å². The van der Waals surface area contributed by atoms with E-state index in [4.69, 9.17) is 0 Å². The molecule has 25 heavy (non-hydrogen) atoms. The first kappa shape index (κ1) is 17.4. The lowest BCUT2D eigenvalue weighted by Crippen LogP contribution is -2.59. The maximum absolute atomic E-state index is 12.3. The standard InChI is InChI=1S/C21H30O4/c1-12(22)21(25)18(24)11-17-15-5-4-13-10-14(23)6-8-19(13,2)16(15)7-9-20(17,21)3/h10,15-18,24-25H,4-9,11H2,1-3H3/t15-,16-,17-,18?,19-,20-,21+/m0/s1. The fourth-order valence-corrected chi connectivity index (χ4v) is 7.22. The first-order chi connectivity index (χ1) is 11.6. The second kappa shape index (κ2) is 5.26. The van der Waals surface area contributed by atoms with Crippen LogP contribution in [0.4, 0.5) is 0 Å². The van der Waals surface area contributed by atoms with Crippen molar-refractivity contribution in [3.8, 4) is 0 Å². The molecule has 4 aliphatic rings. The summed E-state index contributed by atoms with van der Waals surface area (Å²) in [6.45, 7) is 5.75. The van der Waals surface area contributed by atoms with Gasteiger partial charge in [-0.1, -0.05) is 19.4 Å². The third kappa shape index (κ3) is 2.01. The lowest BCUT2D eigenvalue weighted by molar-refractivity contribution is -0.173. The Kier molecular flexibility index (Phi) is 3.66. The molecule has 4 rings (SSSR count). The Morgan fingerprint density at radius 3 is 2.56 bits per heavy atom. The fraction of sp³-hybridized carbons (Fsp3) is 0.810. The summed E-state index contributed by atoms with van der Waals surface area (Å²) in [4.78, 5) is 24.1. The number of carbonyl (C=O) groups excluding carboxylic acids is 2. The van der Waals surface area contributed by atoms with Crippen molar-refractivity contribution in [3.63, 3.8) is 0 Å². The number of fused-ring (bicyclic) bond motifs is 5. The number of aliphatic hydroxyl groups is 2. The van der Waals surface area contributed by atoms with Crippen molar-refractivity contribution in [1.29, 1.82) is 0 Å². The van der Waals surface area contributed by atoms with E-state index in [0.29, 0.717) is 24.7 Å². The Morgan fingerprint density at radius 1 is 1.16 bits per heavy atom. The Hall–Kier alpha value is -1.00. The number of allylic oxidation sites excluding steroid dienone is 1. The molecule has 0 amide bonds. The summed E-state index contributed by atoms with van der Waals surface area (Å²) in [5.41, 5.74) is -0.766. The van der Waals surface area contributed by atoms with Gasteiger partial charge in [-0.3, -0.25) is 9.59 Å². The Morgan fingerprint density at radius 2 is 1.88 bits per heavy atom. The quantitative estimate of drug-likeness (QED) is 0.766. The second-order valence-electron chi connectivity index (χ2n) is 9.50. The van der Waals surface area contributed by atoms with Gasteiger partial charge in [-0.05, 0) is 74.7 Å². The zero-order valence-electron chi connectivity index (χ0n) is 15.5. The average molecular weight is 346 g/mol. The number of aliphatic hydroxyl groups excluding tert-OH is 1. The Bertz CT molecular complexity index is 667. The lowest BCUT2D eigenvalue weighted by atomic mass is 9.46. The van der Waals surface area contributed by atoms with Crippen molar-refractivity contribution in [2.24, 2.45) is 28.6 Å². The molecule has 0 aromatic heterocycles. The maximum atomic E-state index is 12.3. The summed E-state index contributed by atoms with van der Waals surface area (Å²) in [7, 11) is 0. The number of hydrogen-bond donors (Lipinski definition) is 2. The minimum absolute atomic E-state index is 0.0695. The van der Waals surface area contributed by atoms with E-state index in [0.717, 1.165) is 32.1 Å². The zero-order valence-corrected chi connectivity index (χ0v) is 15.5. The topological polar surface area (TPSA) is 74.6 Å². The SMILES string of the molecule is CC(=O)[C@@]1(O)C(O)C[C@H]2[C@H]3CCC4=CC(=O)CC[C@]4(C)[C@H]3CC[C@@]21C. The number of Topliss-reactive ketones (excluding diaryl/α,β-unsaturated/α-hetero) is 1. The third-order valence-corrected chi connectivity index (χ3v) is 8.72. The van der Waals surface area contributed by atoms with Crippen molar-refractivity contribution in [1.82, 2.24) is 0 Å². The predicted molar refractivity (Wildman–Crippen MR) is 93.7 cm³/mol. The van der Waals surface area contributed by atoms with Crippen LogP contribution in [0.2, 0.25) is 0 Å². The molecule has 0 bridgehead atoms. The number of ketones is 2. The highest BCUT2D eigenvalue weighted by Gasteiger charge is 2.69. The van der Waals surface area contributed by atoms with Gasteiger partial charge in [0.25, 0.3) is 0 Å². The largest absolute Gasteiger partial charge is 0.390 e. The summed E-state index contributed by atoms with van der Waals surface area (Å²) in [6.07, 6.45) is 6.66.